The molecule has 0 amide bonds. The molecule has 0 bridgehead atoms. The summed E-state index contributed by atoms with van der Waals surface area (Å²) in [6.45, 7) is 14.6. The Morgan fingerprint density at radius 1 is 0.733 bits per heavy atom. The van der Waals surface area contributed by atoms with Crippen LogP contribution >= 0.6 is 0 Å². The molecule has 0 aliphatic heterocycles. The van der Waals surface area contributed by atoms with Gasteiger partial charge in [0.2, 0.25) is 8.32 Å². The van der Waals surface area contributed by atoms with Crippen molar-refractivity contribution in [3.63, 3.8) is 0 Å². The summed E-state index contributed by atoms with van der Waals surface area (Å²) in [5.41, 5.74) is 3.68. The van der Waals surface area contributed by atoms with Crippen molar-refractivity contribution >= 4 is 46.9 Å². The summed E-state index contributed by atoms with van der Waals surface area (Å²) < 4.78 is 6.92. The van der Waals surface area contributed by atoms with Crippen molar-refractivity contribution in [1.82, 2.24) is 0 Å². The van der Waals surface area contributed by atoms with Crippen molar-refractivity contribution in [2.45, 2.75) is 64.8 Å². The van der Waals surface area contributed by atoms with Crippen molar-refractivity contribution < 1.29 is 9.22 Å². The Morgan fingerprint density at radius 2 is 1.23 bits per heavy atom. The van der Waals surface area contributed by atoms with Gasteiger partial charge in [-0.05, 0) is 54.5 Å². The van der Waals surface area contributed by atoms with Crippen LogP contribution in [0, 0.1) is 0 Å². The van der Waals surface area contributed by atoms with Gasteiger partial charge in [0.1, 0.15) is 0 Å². The Morgan fingerprint density at radius 3 is 1.80 bits per heavy atom. The fourth-order valence-corrected chi connectivity index (χ4v) is 11.2. The highest BCUT2D eigenvalue weighted by Gasteiger charge is 2.45. The molecule has 0 radical (unpaired) electrons. The van der Waals surface area contributed by atoms with Crippen molar-refractivity contribution in [3.05, 3.63) is 59.7 Å². The summed E-state index contributed by atoms with van der Waals surface area (Å²) in [5, 5.41) is 7.12. The van der Waals surface area contributed by atoms with E-state index in [9.17, 15) is 4.79 Å². The number of hydrogen-bond acceptors (Lipinski definition) is 2. The molecule has 0 fully saturated rings. The van der Waals surface area contributed by atoms with Gasteiger partial charge in [-0.2, -0.15) is 0 Å². The fraction of sp³-hybridized carbons (Fsp3) is 0.370. The third-order valence-corrected chi connectivity index (χ3v) is 13.2. The van der Waals surface area contributed by atoms with E-state index in [-0.39, 0.29) is 0 Å². The van der Waals surface area contributed by atoms with Crippen LogP contribution in [-0.2, 0) is 11.0 Å². The topological polar surface area (TPSA) is 26.3 Å². The lowest BCUT2D eigenvalue weighted by Gasteiger charge is -2.42. The van der Waals surface area contributed by atoms with E-state index in [1.54, 1.807) is 0 Å². The van der Waals surface area contributed by atoms with Crippen LogP contribution in [0.3, 0.4) is 0 Å². The lowest BCUT2D eigenvalue weighted by molar-refractivity contribution is 0.112. The van der Waals surface area contributed by atoms with Crippen LogP contribution < -0.4 is 0 Å². The highest BCUT2D eigenvalue weighted by atomic mass is 28.4. The predicted molar refractivity (Wildman–Crippen MR) is 131 cm³/mol. The molecule has 0 unspecified atom stereocenters. The second-order valence-electron chi connectivity index (χ2n) is 9.53. The van der Waals surface area contributed by atoms with Crippen LogP contribution in [0.4, 0.5) is 0 Å². The van der Waals surface area contributed by atoms with Crippen molar-refractivity contribution in [3.8, 4) is 0 Å². The molecule has 0 saturated heterocycles. The van der Waals surface area contributed by atoms with Crippen LogP contribution in [0.2, 0.25) is 16.6 Å². The van der Waals surface area contributed by atoms with Crippen LogP contribution in [0.15, 0.2) is 48.5 Å². The minimum atomic E-state index is -1.94. The first-order chi connectivity index (χ1) is 14.3. The number of rotatable bonds is 7. The molecule has 4 aromatic rings. The summed E-state index contributed by atoms with van der Waals surface area (Å²) >= 11 is 0. The molecule has 0 saturated carbocycles. The van der Waals surface area contributed by atoms with Crippen LogP contribution in [-0.4, -0.2) is 14.6 Å². The maximum absolute atomic E-state index is 11.6. The van der Waals surface area contributed by atoms with E-state index < -0.39 is 8.32 Å². The molecular formula is C27H32O2Si. The first-order valence-electron chi connectivity index (χ1n) is 11.1. The predicted octanol–water partition coefficient (Wildman–Crippen LogP) is 8.09. The Hall–Kier alpha value is -2.23. The maximum Gasteiger partial charge on any atom is 0.200 e. The Balaban J connectivity index is 1.87. The average Bonchev–Trinajstić information content (AvgIpc) is 2.72. The number of aldehydes is 1. The van der Waals surface area contributed by atoms with Gasteiger partial charge in [0.25, 0.3) is 0 Å². The molecule has 0 atom stereocenters. The van der Waals surface area contributed by atoms with Crippen LogP contribution in [0.5, 0.6) is 0 Å². The Bertz CT molecular complexity index is 1180. The molecular weight excluding hydrogens is 384 g/mol. The van der Waals surface area contributed by atoms with Crippen molar-refractivity contribution in [2.75, 3.05) is 0 Å². The quantitative estimate of drug-likeness (QED) is 0.173. The molecule has 30 heavy (non-hydrogen) atoms. The maximum atomic E-state index is 11.6. The molecule has 0 spiro atoms. The van der Waals surface area contributed by atoms with Crippen molar-refractivity contribution in [2.24, 2.45) is 0 Å². The smallest absolute Gasteiger partial charge is 0.200 e. The minimum absolute atomic E-state index is 0.562. The highest BCUT2D eigenvalue weighted by Crippen LogP contribution is 2.43. The molecule has 0 aliphatic carbocycles. The number of carbonyl (C=O) groups excluding carboxylic acids is 1. The van der Waals surface area contributed by atoms with Gasteiger partial charge >= 0.3 is 0 Å². The van der Waals surface area contributed by atoms with Crippen LogP contribution in [0.1, 0.15) is 57.5 Å². The van der Waals surface area contributed by atoms with E-state index in [0.717, 1.165) is 17.2 Å². The molecule has 0 heterocycles. The normalized spacial score (nSPS) is 13.0. The fourth-order valence-electron chi connectivity index (χ4n) is 5.82. The van der Waals surface area contributed by atoms with E-state index in [1.807, 2.05) is 6.07 Å². The largest absolute Gasteiger partial charge is 0.412 e. The Labute approximate surface area is 180 Å². The van der Waals surface area contributed by atoms with E-state index in [0.29, 0.717) is 23.2 Å². The number of hydrogen-bond donors (Lipinski definition) is 0. The van der Waals surface area contributed by atoms with Gasteiger partial charge in [-0.1, -0.05) is 90.1 Å². The SMILES string of the molecule is CC(C)[Si](OCc1ccc2ccc3ccc(C=O)c4ccc1c2c34)(C(C)C)C(C)C. The second-order valence-corrected chi connectivity index (χ2v) is 15.0. The minimum Gasteiger partial charge on any atom is -0.412 e. The zero-order chi connectivity index (χ0) is 21.6. The van der Waals surface area contributed by atoms with E-state index in [1.165, 1.54) is 32.5 Å². The molecule has 4 rings (SSSR count). The summed E-state index contributed by atoms with van der Waals surface area (Å²) in [6.07, 6.45) is 0.962. The summed E-state index contributed by atoms with van der Waals surface area (Å²) in [7, 11) is -1.94. The molecule has 156 valence electrons. The molecule has 0 aliphatic rings. The highest BCUT2D eigenvalue weighted by molar-refractivity contribution is 6.77. The molecule has 0 N–H and O–H groups in total. The van der Waals surface area contributed by atoms with Gasteiger partial charge in [0.05, 0.1) is 6.61 Å². The van der Waals surface area contributed by atoms with Gasteiger partial charge in [-0.3, -0.25) is 4.79 Å². The molecule has 4 aromatic carbocycles. The third-order valence-electron chi connectivity index (χ3n) is 7.10. The molecule has 2 nitrogen and oxygen atoms in total. The average molecular weight is 417 g/mol. The molecule has 3 heteroatoms. The standard InChI is InChI=1S/C27H32O2Si/c1-17(2)30(18(3)4,19(5)6)29-16-23-12-10-21-8-7-20-9-11-22(15-28)24-13-14-25(23)27(21)26(20)24/h7-15,17-19H,16H2,1-6H3. The lowest BCUT2D eigenvalue weighted by Crippen LogP contribution is -2.47. The monoisotopic (exact) mass is 416 g/mol. The first kappa shape index (κ1) is 21.0. The van der Waals surface area contributed by atoms with E-state index >= 15 is 0 Å². The zero-order valence-electron chi connectivity index (χ0n) is 19.0. The van der Waals surface area contributed by atoms with E-state index in [2.05, 4.69) is 84.0 Å². The van der Waals surface area contributed by atoms with Gasteiger partial charge in [0.15, 0.2) is 6.29 Å². The summed E-state index contributed by atoms with van der Waals surface area (Å²) in [4.78, 5) is 11.6. The Kier molecular flexibility index (Phi) is 5.46. The second kappa shape index (κ2) is 7.79. The van der Waals surface area contributed by atoms with Gasteiger partial charge in [-0.25, -0.2) is 0 Å². The zero-order valence-corrected chi connectivity index (χ0v) is 20.0. The molecule has 0 aromatic heterocycles. The lowest BCUT2D eigenvalue weighted by atomic mass is 9.90. The van der Waals surface area contributed by atoms with Gasteiger partial charge in [0, 0.05) is 5.56 Å². The van der Waals surface area contributed by atoms with E-state index in [4.69, 9.17) is 4.43 Å². The van der Waals surface area contributed by atoms with Gasteiger partial charge < -0.3 is 4.43 Å². The van der Waals surface area contributed by atoms with Gasteiger partial charge in [-0.15, -0.1) is 0 Å². The number of benzene rings is 4. The van der Waals surface area contributed by atoms with Crippen molar-refractivity contribution in [1.29, 1.82) is 0 Å². The summed E-state index contributed by atoms with van der Waals surface area (Å²) in [5.74, 6) is 0. The first-order valence-corrected chi connectivity index (χ1v) is 13.2. The van der Waals surface area contributed by atoms with Crippen LogP contribution in [0.25, 0.3) is 32.3 Å². The number of carbonyl (C=O) groups is 1. The summed E-state index contributed by atoms with van der Waals surface area (Å²) in [6, 6.07) is 17.0. The third kappa shape index (κ3) is 3.07.